The molecule has 188 valence electrons. The number of hydrogen-bond acceptors (Lipinski definition) is 5. The molecule has 0 amide bonds. The van der Waals surface area contributed by atoms with Crippen LogP contribution in [0.2, 0.25) is 0 Å². The van der Waals surface area contributed by atoms with Gasteiger partial charge in [0, 0.05) is 18.2 Å². The standard InChI is InChI=1S/C31H38N4O/c1-34(26-14-7-3-8-15-26)21-11-18-30(24-12-5-2-6-13-24)35-23-25-22-28(19-20-29(25)33-31(35)32)36-27-16-9-4-10-17-27/h2,4-6,9-10,12-13,16-17,19-20,22,26,30H,3,7-8,11,14-15,18,21,23H2,1H3,(H2,32,33). The molecule has 36 heavy (non-hydrogen) atoms. The highest BCUT2D eigenvalue weighted by molar-refractivity contribution is 5.84. The van der Waals surface area contributed by atoms with E-state index in [1.54, 1.807) is 0 Å². The van der Waals surface area contributed by atoms with Gasteiger partial charge >= 0.3 is 0 Å². The van der Waals surface area contributed by atoms with Gasteiger partial charge in [0.2, 0.25) is 0 Å². The Kier molecular flexibility index (Phi) is 7.87. The predicted octanol–water partition coefficient (Wildman–Crippen LogP) is 7.03. The smallest absolute Gasteiger partial charge is 0.197 e. The van der Waals surface area contributed by atoms with Gasteiger partial charge in [-0.25, -0.2) is 4.99 Å². The van der Waals surface area contributed by atoms with Crippen molar-refractivity contribution in [2.24, 2.45) is 10.7 Å². The molecular weight excluding hydrogens is 444 g/mol. The molecule has 1 aliphatic carbocycles. The monoisotopic (exact) mass is 482 g/mol. The Morgan fingerprint density at radius 2 is 1.67 bits per heavy atom. The Morgan fingerprint density at radius 1 is 0.944 bits per heavy atom. The lowest BCUT2D eigenvalue weighted by atomic mass is 9.94. The summed E-state index contributed by atoms with van der Waals surface area (Å²) in [5.41, 5.74) is 9.93. The van der Waals surface area contributed by atoms with Crippen LogP contribution in [0.1, 0.15) is 62.1 Å². The minimum absolute atomic E-state index is 0.182. The molecule has 5 heteroatoms. The Morgan fingerprint density at radius 3 is 2.42 bits per heavy atom. The van der Waals surface area contributed by atoms with E-state index in [0.29, 0.717) is 12.5 Å². The van der Waals surface area contributed by atoms with Crippen molar-refractivity contribution in [3.8, 4) is 11.5 Å². The summed E-state index contributed by atoms with van der Waals surface area (Å²) >= 11 is 0. The van der Waals surface area contributed by atoms with Crippen molar-refractivity contribution in [3.63, 3.8) is 0 Å². The average molecular weight is 483 g/mol. The van der Waals surface area contributed by atoms with Gasteiger partial charge < -0.3 is 20.3 Å². The van der Waals surface area contributed by atoms with E-state index in [9.17, 15) is 0 Å². The maximum Gasteiger partial charge on any atom is 0.197 e. The van der Waals surface area contributed by atoms with Crippen molar-refractivity contribution in [1.29, 1.82) is 0 Å². The van der Waals surface area contributed by atoms with E-state index in [1.165, 1.54) is 37.7 Å². The lowest BCUT2D eigenvalue weighted by molar-refractivity contribution is 0.180. The first kappa shape index (κ1) is 24.4. The first-order chi connectivity index (χ1) is 17.7. The minimum atomic E-state index is 0.182. The molecule has 1 saturated carbocycles. The van der Waals surface area contributed by atoms with Crippen LogP contribution < -0.4 is 10.5 Å². The third kappa shape index (κ3) is 5.90. The van der Waals surface area contributed by atoms with Crippen LogP contribution in [0.3, 0.4) is 0 Å². The molecule has 0 aromatic heterocycles. The van der Waals surface area contributed by atoms with E-state index in [2.05, 4.69) is 53.2 Å². The zero-order valence-electron chi connectivity index (χ0n) is 21.4. The van der Waals surface area contributed by atoms with Crippen LogP contribution in [0.5, 0.6) is 11.5 Å². The van der Waals surface area contributed by atoms with Crippen LogP contribution in [0.15, 0.2) is 83.9 Å². The second-order valence-corrected chi connectivity index (χ2v) is 10.1. The van der Waals surface area contributed by atoms with Crippen molar-refractivity contribution in [2.45, 2.75) is 63.6 Å². The first-order valence-corrected chi connectivity index (χ1v) is 13.4. The Bertz CT molecular complexity index is 1140. The van der Waals surface area contributed by atoms with Gasteiger partial charge in [-0.15, -0.1) is 0 Å². The Balaban J connectivity index is 1.31. The zero-order valence-corrected chi connectivity index (χ0v) is 21.4. The molecular formula is C31H38N4O. The van der Waals surface area contributed by atoms with Crippen LogP contribution in [0.4, 0.5) is 5.69 Å². The molecule has 1 heterocycles. The van der Waals surface area contributed by atoms with E-state index in [4.69, 9.17) is 15.5 Å². The summed E-state index contributed by atoms with van der Waals surface area (Å²) in [4.78, 5) is 9.64. The lowest BCUT2D eigenvalue weighted by Crippen LogP contribution is -2.41. The maximum atomic E-state index is 6.58. The number of hydrogen-bond donors (Lipinski definition) is 1. The Labute approximate surface area is 215 Å². The topological polar surface area (TPSA) is 54.1 Å². The molecule has 1 aliphatic heterocycles. The summed E-state index contributed by atoms with van der Waals surface area (Å²) in [5.74, 6) is 2.24. The summed E-state index contributed by atoms with van der Waals surface area (Å²) < 4.78 is 6.10. The molecule has 0 spiro atoms. The molecule has 0 bridgehead atoms. The summed E-state index contributed by atoms with van der Waals surface area (Å²) in [6.45, 7) is 1.83. The number of rotatable bonds is 9. The molecule has 2 aliphatic rings. The Hall–Kier alpha value is -3.31. The third-order valence-electron chi connectivity index (χ3n) is 7.65. The molecule has 3 aromatic rings. The van der Waals surface area contributed by atoms with E-state index in [-0.39, 0.29) is 6.04 Å². The predicted molar refractivity (Wildman–Crippen MR) is 148 cm³/mol. The SMILES string of the molecule is CN(CCCC(c1ccccc1)N1Cc2cc(Oc3ccccc3)ccc2N=C1N)C1CCCCC1. The maximum absolute atomic E-state index is 6.58. The summed E-state index contributed by atoms with van der Waals surface area (Å²) in [6, 6.07) is 27.6. The molecule has 5 rings (SSSR count). The van der Waals surface area contributed by atoms with Crippen LogP contribution in [0.25, 0.3) is 0 Å². The van der Waals surface area contributed by atoms with Crippen molar-refractivity contribution in [2.75, 3.05) is 13.6 Å². The van der Waals surface area contributed by atoms with Gasteiger partial charge in [-0.3, -0.25) is 0 Å². The highest BCUT2D eigenvalue weighted by Crippen LogP contribution is 2.36. The fraction of sp³-hybridized carbons (Fsp3) is 0.387. The highest BCUT2D eigenvalue weighted by Gasteiger charge is 2.27. The van der Waals surface area contributed by atoms with Gasteiger partial charge in [0.15, 0.2) is 5.96 Å². The third-order valence-corrected chi connectivity index (χ3v) is 7.65. The van der Waals surface area contributed by atoms with Gasteiger partial charge in [-0.2, -0.15) is 0 Å². The molecule has 1 unspecified atom stereocenters. The van der Waals surface area contributed by atoms with Crippen LogP contribution in [0, 0.1) is 0 Å². The van der Waals surface area contributed by atoms with Gasteiger partial charge in [-0.05, 0) is 75.2 Å². The van der Waals surface area contributed by atoms with E-state index in [1.807, 2.05) is 42.5 Å². The van der Waals surface area contributed by atoms with Crippen LogP contribution in [-0.4, -0.2) is 35.4 Å². The molecule has 2 N–H and O–H groups in total. The second kappa shape index (κ2) is 11.6. The second-order valence-electron chi connectivity index (χ2n) is 10.1. The molecule has 1 fully saturated rings. The van der Waals surface area contributed by atoms with E-state index >= 15 is 0 Å². The first-order valence-electron chi connectivity index (χ1n) is 13.4. The number of fused-ring (bicyclic) bond motifs is 1. The fourth-order valence-electron chi connectivity index (χ4n) is 5.62. The zero-order chi connectivity index (χ0) is 24.7. The van der Waals surface area contributed by atoms with Crippen molar-refractivity contribution in [3.05, 3.63) is 90.0 Å². The van der Waals surface area contributed by atoms with E-state index < -0.39 is 0 Å². The molecule has 5 nitrogen and oxygen atoms in total. The number of nitrogens with two attached hydrogens (primary N) is 1. The minimum Gasteiger partial charge on any atom is -0.457 e. The lowest BCUT2D eigenvalue weighted by Gasteiger charge is -2.37. The molecule has 0 radical (unpaired) electrons. The molecule has 0 saturated heterocycles. The average Bonchev–Trinajstić information content (AvgIpc) is 2.92. The number of ether oxygens (including phenoxy) is 1. The largest absolute Gasteiger partial charge is 0.457 e. The van der Waals surface area contributed by atoms with Gasteiger partial charge in [0.25, 0.3) is 0 Å². The van der Waals surface area contributed by atoms with Gasteiger partial charge in [0.1, 0.15) is 11.5 Å². The molecule has 3 aromatic carbocycles. The van der Waals surface area contributed by atoms with Crippen LogP contribution in [-0.2, 0) is 6.54 Å². The number of aliphatic imine (C=N–C) groups is 1. The number of benzene rings is 3. The number of guanidine groups is 1. The fourth-order valence-corrected chi connectivity index (χ4v) is 5.62. The van der Waals surface area contributed by atoms with Crippen molar-refractivity contribution in [1.82, 2.24) is 9.80 Å². The summed E-state index contributed by atoms with van der Waals surface area (Å²) in [6.07, 6.45) is 8.99. The number of para-hydroxylation sites is 1. The van der Waals surface area contributed by atoms with Gasteiger partial charge in [0.05, 0.1) is 11.7 Å². The molecule has 1 atom stereocenters. The normalized spacial score (nSPS) is 16.9. The quantitative estimate of drug-likeness (QED) is 0.356. The van der Waals surface area contributed by atoms with Crippen molar-refractivity contribution < 1.29 is 4.74 Å². The number of nitrogens with zero attached hydrogens (tertiary/aromatic N) is 3. The summed E-state index contributed by atoms with van der Waals surface area (Å²) in [7, 11) is 2.30. The highest BCUT2D eigenvalue weighted by atomic mass is 16.5. The summed E-state index contributed by atoms with van der Waals surface area (Å²) in [5, 5.41) is 0. The van der Waals surface area contributed by atoms with Crippen molar-refractivity contribution >= 4 is 11.6 Å². The van der Waals surface area contributed by atoms with E-state index in [0.717, 1.165) is 48.2 Å². The van der Waals surface area contributed by atoms with Crippen LogP contribution >= 0.6 is 0 Å². The van der Waals surface area contributed by atoms with Gasteiger partial charge in [-0.1, -0.05) is 67.8 Å².